The van der Waals surface area contributed by atoms with Crippen molar-refractivity contribution in [3.8, 4) is 0 Å². The van der Waals surface area contributed by atoms with Gasteiger partial charge in [0.2, 0.25) is 0 Å². The van der Waals surface area contributed by atoms with Crippen LogP contribution >= 0.6 is 11.3 Å². The second kappa shape index (κ2) is 2.77. The topological polar surface area (TPSA) is 50.3 Å². The van der Waals surface area contributed by atoms with Gasteiger partial charge in [0.1, 0.15) is 0 Å². The third-order valence-corrected chi connectivity index (χ3v) is 2.47. The van der Waals surface area contributed by atoms with Gasteiger partial charge in [0.05, 0.1) is 0 Å². The van der Waals surface area contributed by atoms with Crippen LogP contribution in [0.1, 0.15) is 6.92 Å². The zero-order chi connectivity index (χ0) is 9.42. The van der Waals surface area contributed by atoms with Gasteiger partial charge in [-0.05, 0) is 6.92 Å². The van der Waals surface area contributed by atoms with Crippen molar-refractivity contribution in [2.45, 2.75) is 6.92 Å². The SMILES string of the molecule is CC1=CC(=O)N(c2nccs2)C1=O. The fourth-order valence-electron chi connectivity index (χ4n) is 1.10. The highest BCUT2D eigenvalue weighted by atomic mass is 32.1. The number of nitrogens with zero attached hydrogens (tertiary/aromatic N) is 2. The molecule has 1 aromatic heterocycles. The second-order valence-corrected chi connectivity index (χ2v) is 3.49. The average molecular weight is 194 g/mol. The summed E-state index contributed by atoms with van der Waals surface area (Å²) in [5, 5.41) is 2.16. The van der Waals surface area contributed by atoms with Gasteiger partial charge in [-0.15, -0.1) is 11.3 Å². The molecule has 0 aliphatic carbocycles. The van der Waals surface area contributed by atoms with Crippen molar-refractivity contribution in [3.63, 3.8) is 0 Å². The smallest absolute Gasteiger partial charge is 0.263 e. The molecule has 1 aliphatic heterocycles. The number of amides is 2. The first-order valence-electron chi connectivity index (χ1n) is 3.66. The number of imide groups is 1. The van der Waals surface area contributed by atoms with Crippen LogP contribution in [0.2, 0.25) is 0 Å². The number of hydrogen-bond donors (Lipinski definition) is 0. The van der Waals surface area contributed by atoms with E-state index in [2.05, 4.69) is 4.98 Å². The quantitative estimate of drug-likeness (QED) is 0.626. The van der Waals surface area contributed by atoms with E-state index in [-0.39, 0.29) is 11.8 Å². The fraction of sp³-hybridized carbons (Fsp3) is 0.125. The predicted molar refractivity (Wildman–Crippen MR) is 48.4 cm³/mol. The van der Waals surface area contributed by atoms with E-state index < -0.39 is 0 Å². The van der Waals surface area contributed by atoms with Crippen LogP contribution in [0.15, 0.2) is 23.2 Å². The Morgan fingerprint density at radius 1 is 1.46 bits per heavy atom. The number of anilines is 1. The maximum atomic E-state index is 11.4. The molecule has 1 aromatic rings. The molecule has 4 nitrogen and oxygen atoms in total. The molecule has 0 radical (unpaired) electrons. The van der Waals surface area contributed by atoms with E-state index in [0.29, 0.717) is 10.7 Å². The molecule has 0 bridgehead atoms. The lowest BCUT2D eigenvalue weighted by molar-refractivity contribution is -0.120. The number of carbonyl (C=O) groups is 2. The lowest BCUT2D eigenvalue weighted by atomic mass is 10.3. The highest BCUT2D eigenvalue weighted by Gasteiger charge is 2.31. The zero-order valence-electron chi connectivity index (χ0n) is 6.85. The van der Waals surface area contributed by atoms with E-state index in [1.807, 2.05) is 0 Å². The van der Waals surface area contributed by atoms with Gasteiger partial charge in [0.25, 0.3) is 11.8 Å². The van der Waals surface area contributed by atoms with Gasteiger partial charge >= 0.3 is 0 Å². The van der Waals surface area contributed by atoms with Gasteiger partial charge in [-0.2, -0.15) is 0 Å². The second-order valence-electron chi connectivity index (χ2n) is 2.62. The van der Waals surface area contributed by atoms with E-state index in [9.17, 15) is 9.59 Å². The molecule has 0 saturated carbocycles. The number of carbonyl (C=O) groups excluding carboxylic acids is 2. The molecule has 2 heterocycles. The van der Waals surface area contributed by atoms with E-state index in [4.69, 9.17) is 0 Å². The lowest BCUT2D eigenvalue weighted by Gasteiger charge is -2.08. The van der Waals surface area contributed by atoms with Crippen molar-refractivity contribution in [1.29, 1.82) is 0 Å². The molecule has 0 atom stereocenters. The molecule has 5 heteroatoms. The van der Waals surface area contributed by atoms with Gasteiger partial charge < -0.3 is 0 Å². The van der Waals surface area contributed by atoms with E-state index >= 15 is 0 Å². The minimum atomic E-state index is -0.308. The lowest BCUT2D eigenvalue weighted by Crippen LogP contribution is -2.30. The van der Waals surface area contributed by atoms with Crippen molar-refractivity contribution in [3.05, 3.63) is 23.2 Å². The van der Waals surface area contributed by atoms with E-state index in [1.165, 1.54) is 17.4 Å². The van der Waals surface area contributed by atoms with E-state index in [0.717, 1.165) is 4.90 Å². The average Bonchev–Trinajstić information content (AvgIpc) is 2.63. The van der Waals surface area contributed by atoms with Gasteiger partial charge in [-0.1, -0.05) is 0 Å². The Morgan fingerprint density at radius 3 is 2.69 bits per heavy atom. The Kier molecular flexibility index (Phi) is 1.73. The minimum absolute atomic E-state index is 0.278. The Morgan fingerprint density at radius 2 is 2.23 bits per heavy atom. The van der Waals surface area contributed by atoms with Crippen LogP contribution in [0.25, 0.3) is 0 Å². The molecule has 0 spiro atoms. The molecule has 13 heavy (non-hydrogen) atoms. The van der Waals surface area contributed by atoms with Crippen LogP contribution in [0.4, 0.5) is 5.13 Å². The molecule has 0 unspecified atom stereocenters. The molecule has 0 aromatic carbocycles. The highest BCUT2D eigenvalue weighted by molar-refractivity contribution is 7.14. The Bertz CT molecular complexity index is 394. The maximum Gasteiger partial charge on any atom is 0.263 e. The molecular weight excluding hydrogens is 188 g/mol. The van der Waals surface area contributed by atoms with Crippen LogP contribution in [0.3, 0.4) is 0 Å². The highest BCUT2D eigenvalue weighted by Crippen LogP contribution is 2.23. The molecular formula is C8H6N2O2S. The summed E-state index contributed by atoms with van der Waals surface area (Å²) in [6.45, 7) is 1.62. The summed E-state index contributed by atoms with van der Waals surface area (Å²) in [6, 6.07) is 0. The summed E-state index contributed by atoms with van der Waals surface area (Å²) >= 11 is 1.27. The molecule has 2 amide bonds. The summed E-state index contributed by atoms with van der Waals surface area (Å²) in [7, 11) is 0. The fourth-order valence-corrected chi connectivity index (χ4v) is 1.74. The standard InChI is InChI=1S/C8H6N2O2S/c1-5-4-6(11)10(7(5)12)8-9-2-3-13-8/h2-4H,1H3. The Hall–Kier alpha value is -1.49. The van der Waals surface area contributed by atoms with Gasteiger partial charge in [-0.25, -0.2) is 9.88 Å². The molecule has 66 valence electrons. The summed E-state index contributed by atoms with van der Waals surface area (Å²) in [6.07, 6.45) is 2.89. The van der Waals surface area contributed by atoms with Crippen molar-refractivity contribution < 1.29 is 9.59 Å². The van der Waals surface area contributed by atoms with Crippen LogP contribution in [-0.4, -0.2) is 16.8 Å². The van der Waals surface area contributed by atoms with E-state index in [1.54, 1.807) is 18.5 Å². The largest absolute Gasteiger partial charge is 0.269 e. The van der Waals surface area contributed by atoms with Gasteiger partial charge in [0.15, 0.2) is 5.13 Å². The molecule has 0 fully saturated rings. The summed E-state index contributed by atoms with van der Waals surface area (Å²) in [4.78, 5) is 27.7. The normalized spacial score (nSPS) is 16.7. The van der Waals surface area contributed by atoms with Crippen LogP contribution in [0, 0.1) is 0 Å². The third kappa shape index (κ3) is 1.17. The Labute approximate surface area is 78.5 Å². The van der Waals surface area contributed by atoms with Crippen LogP contribution < -0.4 is 4.90 Å². The van der Waals surface area contributed by atoms with Crippen molar-refractivity contribution in [1.82, 2.24) is 4.98 Å². The third-order valence-electron chi connectivity index (χ3n) is 1.71. The zero-order valence-corrected chi connectivity index (χ0v) is 7.67. The number of aromatic nitrogens is 1. The van der Waals surface area contributed by atoms with Crippen LogP contribution in [0.5, 0.6) is 0 Å². The number of hydrogen-bond acceptors (Lipinski definition) is 4. The number of rotatable bonds is 1. The summed E-state index contributed by atoms with van der Waals surface area (Å²) in [5.41, 5.74) is 0.459. The molecule has 2 rings (SSSR count). The molecule has 1 aliphatic rings. The first-order chi connectivity index (χ1) is 6.20. The summed E-state index contributed by atoms with van der Waals surface area (Å²) < 4.78 is 0. The summed E-state index contributed by atoms with van der Waals surface area (Å²) in [5.74, 6) is -0.586. The molecule has 0 N–H and O–H groups in total. The Balaban J connectivity index is 2.39. The maximum absolute atomic E-state index is 11.4. The molecule has 0 saturated heterocycles. The predicted octanol–water partition coefficient (Wildman–Crippen LogP) is 0.963. The number of thiazole rings is 1. The first-order valence-corrected chi connectivity index (χ1v) is 4.54. The van der Waals surface area contributed by atoms with Gasteiger partial charge in [0, 0.05) is 23.2 Å². The van der Waals surface area contributed by atoms with Crippen molar-refractivity contribution >= 4 is 28.3 Å². The van der Waals surface area contributed by atoms with Gasteiger partial charge in [-0.3, -0.25) is 9.59 Å². The minimum Gasteiger partial charge on any atom is -0.269 e. The van der Waals surface area contributed by atoms with Crippen molar-refractivity contribution in [2.75, 3.05) is 4.90 Å². The van der Waals surface area contributed by atoms with Crippen molar-refractivity contribution in [2.24, 2.45) is 0 Å². The first kappa shape index (κ1) is 8.12. The van der Waals surface area contributed by atoms with Crippen LogP contribution in [-0.2, 0) is 9.59 Å². The monoisotopic (exact) mass is 194 g/mol.